The molecule has 172 valence electrons. The zero-order chi connectivity index (χ0) is 22.9. The van der Waals surface area contributed by atoms with Gasteiger partial charge in [0.15, 0.2) is 6.73 Å². The minimum Gasteiger partial charge on any atom is -0.473 e. The molecule has 33 heavy (non-hydrogen) atoms. The Morgan fingerprint density at radius 2 is 1.36 bits per heavy atom. The lowest BCUT2D eigenvalue weighted by molar-refractivity contribution is 0.346. The molecule has 0 atom stereocenters. The number of rotatable bonds is 12. The molecule has 0 saturated heterocycles. The standard InChI is InChI=1S/C23H25N5O2S3/c1-16-3-7-18(8-4-16)29-15-24-22-27-25-20(32-22)11-13-31-14-12-21-26-28-23(33-21)30-19-9-5-17(2)6-10-19/h3-10H,11-15H2,1-2H3,(H,24,27). The predicted molar refractivity (Wildman–Crippen MR) is 136 cm³/mol. The van der Waals surface area contributed by atoms with Crippen LogP contribution < -0.4 is 14.8 Å². The highest BCUT2D eigenvalue weighted by molar-refractivity contribution is 7.99. The van der Waals surface area contributed by atoms with Gasteiger partial charge >= 0.3 is 0 Å². The van der Waals surface area contributed by atoms with Gasteiger partial charge in [0, 0.05) is 12.8 Å². The van der Waals surface area contributed by atoms with E-state index in [1.807, 2.05) is 67.2 Å². The Balaban J connectivity index is 1.10. The zero-order valence-electron chi connectivity index (χ0n) is 18.5. The topological polar surface area (TPSA) is 82.0 Å². The van der Waals surface area contributed by atoms with Crippen LogP contribution in [0.25, 0.3) is 0 Å². The number of nitrogens with one attached hydrogen (secondary N) is 1. The smallest absolute Gasteiger partial charge is 0.299 e. The van der Waals surface area contributed by atoms with Crippen LogP contribution in [0, 0.1) is 13.8 Å². The van der Waals surface area contributed by atoms with Crippen LogP contribution in [0.5, 0.6) is 16.7 Å². The van der Waals surface area contributed by atoms with Gasteiger partial charge < -0.3 is 14.8 Å². The second kappa shape index (κ2) is 12.0. The first-order valence-corrected chi connectivity index (χ1v) is 13.3. The molecule has 4 rings (SSSR count). The van der Waals surface area contributed by atoms with Crippen molar-refractivity contribution in [2.75, 3.05) is 23.6 Å². The lowest BCUT2D eigenvalue weighted by Gasteiger charge is -2.06. The molecule has 2 heterocycles. The van der Waals surface area contributed by atoms with Gasteiger partial charge in [-0.3, -0.25) is 0 Å². The number of aromatic nitrogens is 4. The summed E-state index contributed by atoms with van der Waals surface area (Å²) in [5, 5.41) is 23.3. The van der Waals surface area contributed by atoms with Crippen molar-refractivity contribution in [3.8, 4) is 16.7 Å². The Morgan fingerprint density at radius 3 is 2.06 bits per heavy atom. The molecule has 10 heteroatoms. The molecule has 0 aliphatic carbocycles. The highest BCUT2D eigenvalue weighted by atomic mass is 32.2. The lowest BCUT2D eigenvalue weighted by atomic mass is 10.2. The van der Waals surface area contributed by atoms with Gasteiger partial charge in [-0.1, -0.05) is 63.2 Å². The van der Waals surface area contributed by atoms with E-state index >= 15 is 0 Å². The van der Waals surface area contributed by atoms with Crippen molar-refractivity contribution in [2.45, 2.75) is 26.7 Å². The van der Waals surface area contributed by atoms with Gasteiger partial charge in [0.05, 0.1) is 0 Å². The zero-order valence-corrected chi connectivity index (χ0v) is 20.9. The molecule has 7 nitrogen and oxygen atoms in total. The summed E-state index contributed by atoms with van der Waals surface area (Å²) in [5.74, 6) is 3.58. The first kappa shape index (κ1) is 23.5. The number of anilines is 1. The molecular formula is C23H25N5O2S3. The quantitative estimate of drug-likeness (QED) is 0.194. The molecule has 4 aromatic rings. The summed E-state index contributed by atoms with van der Waals surface area (Å²) in [7, 11) is 0. The van der Waals surface area contributed by atoms with Crippen LogP contribution in [0.4, 0.5) is 5.13 Å². The number of benzene rings is 2. The Kier molecular flexibility index (Phi) is 8.51. The van der Waals surface area contributed by atoms with Crippen LogP contribution in [-0.4, -0.2) is 38.6 Å². The number of aryl methyl sites for hydroxylation is 4. The third kappa shape index (κ3) is 7.69. The molecule has 1 N–H and O–H groups in total. The molecule has 0 aliphatic rings. The van der Waals surface area contributed by atoms with Crippen LogP contribution in [0.15, 0.2) is 48.5 Å². The molecule has 0 spiro atoms. The maximum absolute atomic E-state index is 5.77. The van der Waals surface area contributed by atoms with E-state index in [0.717, 1.165) is 51.0 Å². The highest BCUT2D eigenvalue weighted by Gasteiger charge is 2.08. The van der Waals surface area contributed by atoms with Crippen LogP contribution >= 0.6 is 34.4 Å². The van der Waals surface area contributed by atoms with Gasteiger partial charge in [0.25, 0.3) is 5.19 Å². The number of thioether (sulfide) groups is 1. The minimum absolute atomic E-state index is 0.365. The van der Waals surface area contributed by atoms with Crippen molar-refractivity contribution in [1.82, 2.24) is 20.4 Å². The van der Waals surface area contributed by atoms with Crippen molar-refractivity contribution in [3.63, 3.8) is 0 Å². The summed E-state index contributed by atoms with van der Waals surface area (Å²) < 4.78 is 11.4. The molecule has 0 fully saturated rings. The predicted octanol–water partition coefficient (Wildman–Crippen LogP) is 5.77. The van der Waals surface area contributed by atoms with Gasteiger partial charge in [-0.25, -0.2) is 0 Å². The fraction of sp³-hybridized carbons (Fsp3) is 0.304. The summed E-state index contributed by atoms with van der Waals surface area (Å²) in [6.45, 7) is 4.47. The normalized spacial score (nSPS) is 10.8. The van der Waals surface area contributed by atoms with Crippen LogP contribution in [-0.2, 0) is 12.8 Å². The molecule has 0 radical (unpaired) electrons. The summed E-state index contributed by atoms with van der Waals surface area (Å²) in [6.07, 6.45) is 1.76. The Bertz CT molecular complexity index is 1130. The van der Waals surface area contributed by atoms with Gasteiger partial charge in [0.2, 0.25) is 5.13 Å². The highest BCUT2D eigenvalue weighted by Crippen LogP contribution is 2.26. The second-order valence-corrected chi connectivity index (χ2v) is 10.6. The number of hydrogen-bond donors (Lipinski definition) is 1. The van der Waals surface area contributed by atoms with E-state index in [9.17, 15) is 0 Å². The minimum atomic E-state index is 0.365. The molecule has 0 saturated carbocycles. The average Bonchev–Trinajstić information content (AvgIpc) is 3.46. The van der Waals surface area contributed by atoms with Crippen molar-refractivity contribution >= 4 is 39.6 Å². The third-order valence-electron chi connectivity index (χ3n) is 4.55. The summed E-state index contributed by atoms with van der Waals surface area (Å²) in [6, 6.07) is 15.9. The molecule has 0 aliphatic heterocycles. The van der Waals surface area contributed by atoms with Crippen LogP contribution in [0.1, 0.15) is 21.1 Å². The van der Waals surface area contributed by atoms with Crippen molar-refractivity contribution in [3.05, 3.63) is 69.7 Å². The van der Waals surface area contributed by atoms with Gasteiger partial charge in [-0.15, -0.1) is 15.3 Å². The fourth-order valence-electron chi connectivity index (χ4n) is 2.75. The largest absolute Gasteiger partial charge is 0.473 e. The van der Waals surface area contributed by atoms with Crippen molar-refractivity contribution in [2.24, 2.45) is 0 Å². The third-order valence-corrected chi connectivity index (χ3v) is 7.33. The summed E-state index contributed by atoms with van der Waals surface area (Å²) >= 11 is 4.94. The van der Waals surface area contributed by atoms with Gasteiger partial charge in [-0.05, 0) is 49.6 Å². The van der Waals surface area contributed by atoms with E-state index < -0.39 is 0 Å². The van der Waals surface area contributed by atoms with E-state index in [0.29, 0.717) is 11.9 Å². The molecule has 0 unspecified atom stereocenters. The molecule has 2 aromatic carbocycles. The number of nitrogens with zero attached hydrogens (tertiary/aromatic N) is 4. The molecule has 0 bridgehead atoms. The van der Waals surface area contributed by atoms with Crippen LogP contribution in [0.2, 0.25) is 0 Å². The van der Waals surface area contributed by atoms with E-state index in [4.69, 9.17) is 9.47 Å². The SMILES string of the molecule is Cc1ccc(OCNc2nnc(CCSCCc3nnc(Oc4ccc(C)cc4)s3)s2)cc1. The first-order valence-electron chi connectivity index (χ1n) is 10.5. The van der Waals surface area contributed by atoms with Crippen molar-refractivity contribution < 1.29 is 9.47 Å². The van der Waals surface area contributed by atoms with E-state index in [2.05, 4.69) is 32.6 Å². The molecular weight excluding hydrogens is 474 g/mol. The molecule has 0 amide bonds. The summed E-state index contributed by atoms with van der Waals surface area (Å²) in [4.78, 5) is 0. The van der Waals surface area contributed by atoms with Crippen molar-refractivity contribution in [1.29, 1.82) is 0 Å². The van der Waals surface area contributed by atoms with Crippen LogP contribution in [0.3, 0.4) is 0 Å². The van der Waals surface area contributed by atoms with E-state index in [1.165, 1.54) is 22.5 Å². The summed E-state index contributed by atoms with van der Waals surface area (Å²) in [5.41, 5.74) is 2.41. The number of hydrogen-bond acceptors (Lipinski definition) is 10. The van der Waals surface area contributed by atoms with E-state index in [1.54, 1.807) is 11.3 Å². The molecule has 2 aromatic heterocycles. The van der Waals surface area contributed by atoms with E-state index in [-0.39, 0.29) is 0 Å². The van der Waals surface area contributed by atoms with Gasteiger partial charge in [-0.2, -0.15) is 11.8 Å². The Morgan fingerprint density at radius 1 is 0.758 bits per heavy atom. The first-order chi connectivity index (χ1) is 16.1. The average molecular weight is 500 g/mol. The lowest BCUT2D eigenvalue weighted by Crippen LogP contribution is -2.08. The second-order valence-electron chi connectivity index (χ2n) is 7.27. The maximum Gasteiger partial charge on any atom is 0.299 e. The fourth-order valence-corrected chi connectivity index (χ4v) is 5.32. The van der Waals surface area contributed by atoms with Gasteiger partial charge in [0.1, 0.15) is 21.5 Å². The number of ether oxygens (including phenoxy) is 2. The maximum atomic E-state index is 5.77. The Hall–Kier alpha value is -2.69. The Labute approximate surface area is 205 Å². The monoisotopic (exact) mass is 499 g/mol.